The van der Waals surface area contributed by atoms with Crippen molar-refractivity contribution in [3.05, 3.63) is 108 Å². The lowest BCUT2D eigenvalue weighted by Crippen LogP contribution is -2.27. The Balaban J connectivity index is 1.28. The molecule has 2 aromatic carbocycles. The molecule has 0 saturated heterocycles. The van der Waals surface area contributed by atoms with E-state index in [4.69, 9.17) is 20.4 Å². The minimum atomic E-state index is -0.580. The number of nitrogens with zero attached hydrogens (tertiary/aromatic N) is 6. The zero-order valence-electron chi connectivity index (χ0n) is 22.5. The fraction of sp³-hybridized carbons (Fsp3) is 0.129. The van der Waals surface area contributed by atoms with E-state index >= 15 is 0 Å². The van der Waals surface area contributed by atoms with Gasteiger partial charge in [-0.3, -0.25) is 9.36 Å². The van der Waals surface area contributed by atoms with Crippen LogP contribution in [0.15, 0.2) is 85.3 Å². The largest absolute Gasteiger partial charge is 0.494 e. The van der Waals surface area contributed by atoms with Crippen LogP contribution in [-0.2, 0) is 6.42 Å². The van der Waals surface area contributed by atoms with Gasteiger partial charge in [0.05, 0.1) is 18.7 Å². The SMILES string of the molecule is COc1ccc(C(=O)N[C@H]2CCc3cc(-n4c(-c5cccnc5N)nc5ccc(-n6cccn6)nc54)ccc32)cc1F. The highest BCUT2D eigenvalue weighted by Crippen LogP contribution is 2.36. The summed E-state index contributed by atoms with van der Waals surface area (Å²) in [6, 6.07) is 19.4. The predicted molar refractivity (Wildman–Crippen MR) is 155 cm³/mol. The Labute approximate surface area is 239 Å². The van der Waals surface area contributed by atoms with Crippen molar-refractivity contribution in [1.29, 1.82) is 0 Å². The van der Waals surface area contributed by atoms with E-state index in [0.29, 0.717) is 34.2 Å². The molecule has 0 spiro atoms. The molecule has 6 aromatic rings. The normalized spacial score (nSPS) is 14.2. The first kappa shape index (κ1) is 25.4. The number of aromatic nitrogens is 6. The number of hydrogen-bond donors (Lipinski definition) is 2. The van der Waals surface area contributed by atoms with Crippen molar-refractivity contribution in [1.82, 2.24) is 34.6 Å². The van der Waals surface area contributed by atoms with Crippen LogP contribution in [0.3, 0.4) is 0 Å². The fourth-order valence-corrected chi connectivity index (χ4v) is 5.45. The third-order valence-electron chi connectivity index (χ3n) is 7.49. The Morgan fingerprint density at radius 2 is 1.98 bits per heavy atom. The number of ether oxygens (including phenoxy) is 1. The summed E-state index contributed by atoms with van der Waals surface area (Å²) in [5, 5.41) is 7.38. The number of nitrogens with one attached hydrogen (secondary N) is 1. The second-order valence-corrected chi connectivity index (χ2v) is 9.97. The lowest BCUT2D eigenvalue weighted by molar-refractivity contribution is 0.0936. The first-order chi connectivity index (χ1) is 20.5. The smallest absolute Gasteiger partial charge is 0.251 e. The Bertz CT molecular complexity index is 1970. The molecule has 1 aliphatic carbocycles. The minimum absolute atomic E-state index is 0.0935. The van der Waals surface area contributed by atoms with Crippen molar-refractivity contribution >= 4 is 22.9 Å². The maximum absolute atomic E-state index is 14.2. The number of aryl methyl sites for hydroxylation is 1. The van der Waals surface area contributed by atoms with E-state index in [1.165, 1.54) is 19.2 Å². The number of halogens is 1. The van der Waals surface area contributed by atoms with Gasteiger partial charge in [0.25, 0.3) is 5.91 Å². The third-order valence-corrected chi connectivity index (χ3v) is 7.49. The van der Waals surface area contributed by atoms with Crippen molar-refractivity contribution in [2.24, 2.45) is 0 Å². The average Bonchev–Trinajstić information content (AvgIpc) is 3.76. The molecule has 4 aromatic heterocycles. The van der Waals surface area contributed by atoms with Crippen LogP contribution in [0.5, 0.6) is 5.75 Å². The summed E-state index contributed by atoms with van der Waals surface area (Å²) < 4.78 is 22.8. The molecule has 1 atom stereocenters. The number of hydrogen-bond acceptors (Lipinski definition) is 7. The average molecular weight is 561 g/mol. The van der Waals surface area contributed by atoms with E-state index in [1.807, 2.05) is 53.2 Å². The van der Waals surface area contributed by atoms with Gasteiger partial charge in [0, 0.05) is 29.8 Å². The van der Waals surface area contributed by atoms with Crippen LogP contribution < -0.4 is 15.8 Å². The van der Waals surface area contributed by atoms with Crippen molar-refractivity contribution in [3.8, 4) is 28.6 Å². The molecule has 42 heavy (non-hydrogen) atoms. The number of methoxy groups -OCH3 is 1. The number of imidazole rings is 1. The highest BCUT2D eigenvalue weighted by atomic mass is 19.1. The molecule has 208 valence electrons. The van der Waals surface area contributed by atoms with Gasteiger partial charge in [-0.2, -0.15) is 5.10 Å². The summed E-state index contributed by atoms with van der Waals surface area (Å²) >= 11 is 0. The van der Waals surface area contributed by atoms with Gasteiger partial charge in [0.2, 0.25) is 0 Å². The molecule has 0 radical (unpaired) electrons. The van der Waals surface area contributed by atoms with Crippen LogP contribution in [0.2, 0.25) is 0 Å². The fourth-order valence-electron chi connectivity index (χ4n) is 5.45. The topological polar surface area (TPSA) is 126 Å². The van der Waals surface area contributed by atoms with Crippen LogP contribution in [0, 0.1) is 5.82 Å². The zero-order valence-corrected chi connectivity index (χ0v) is 22.5. The van der Waals surface area contributed by atoms with E-state index < -0.39 is 5.82 Å². The lowest BCUT2D eigenvalue weighted by atomic mass is 10.1. The van der Waals surface area contributed by atoms with Crippen LogP contribution in [0.25, 0.3) is 34.1 Å². The van der Waals surface area contributed by atoms with Gasteiger partial charge in [-0.15, -0.1) is 0 Å². The van der Waals surface area contributed by atoms with Crippen LogP contribution >= 0.6 is 0 Å². The van der Waals surface area contributed by atoms with Crippen molar-refractivity contribution in [2.45, 2.75) is 18.9 Å². The van der Waals surface area contributed by atoms with Crippen LogP contribution in [-0.4, -0.2) is 42.3 Å². The molecule has 1 aliphatic rings. The Morgan fingerprint density at radius 3 is 2.76 bits per heavy atom. The number of carbonyl (C=O) groups excluding carboxylic acids is 1. The van der Waals surface area contributed by atoms with Crippen molar-refractivity contribution in [3.63, 3.8) is 0 Å². The van der Waals surface area contributed by atoms with Gasteiger partial charge in [0.1, 0.15) is 11.3 Å². The van der Waals surface area contributed by atoms with Crippen LogP contribution in [0.1, 0.15) is 33.9 Å². The minimum Gasteiger partial charge on any atom is -0.494 e. The Hall–Kier alpha value is -5.58. The molecule has 0 saturated carbocycles. The van der Waals surface area contributed by atoms with Gasteiger partial charge >= 0.3 is 0 Å². The first-order valence-corrected chi connectivity index (χ1v) is 13.4. The van der Waals surface area contributed by atoms with E-state index in [1.54, 1.807) is 23.1 Å². The van der Waals surface area contributed by atoms with E-state index in [-0.39, 0.29) is 23.3 Å². The number of nitrogen functional groups attached to an aromatic ring is 1. The molecule has 10 nitrogen and oxygen atoms in total. The van der Waals surface area contributed by atoms with Gasteiger partial charge in [-0.25, -0.2) is 24.0 Å². The molecule has 11 heteroatoms. The number of amides is 1. The molecule has 0 aliphatic heterocycles. The van der Waals surface area contributed by atoms with Crippen molar-refractivity contribution < 1.29 is 13.9 Å². The number of fused-ring (bicyclic) bond motifs is 2. The van der Waals surface area contributed by atoms with Gasteiger partial charge in [-0.05, 0) is 84.6 Å². The van der Waals surface area contributed by atoms with E-state index in [9.17, 15) is 9.18 Å². The highest BCUT2D eigenvalue weighted by molar-refractivity contribution is 5.94. The second kappa shape index (κ2) is 10.1. The summed E-state index contributed by atoms with van der Waals surface area (Å²) in [5.74, 6) is 0.798. The third kappa shape index (κ3) is 4.31. The zero-order chi connectivity index (χ0) is 28.8. The van der Waals surface area contributed by atoms with Crippen LogP contribution in [0.4, 0.5) is 10.2 Å². The molecule has 0 unspecified atom stereocenters. The summed E-state index contributed by atoms with van der Waals surface area (Å²) in [4.78, 5) is 27.0. The summed E-state index contributed by atoms with van der Waals surface area (Å²) in [6.45, 7) is 0. The Kier molecular flexibility index (Phi) is 6.11. The second-order valence-electron chi connectivity index (χ2n) is 9.97. The highest BCUT2D eigenvalue weighted by Gasteiger charge is 2.26. The molecule has 1 amide bonds. The monoisotopic (exact) mass is 560 g/mol. The van der Waals surface area contributed by atoms with E-state index in [0.717, 1.165) is 29.7 Å². The molecular weight excluding hydrogens is 535 g/mol. The molecule has 0 bridgehead atoms. The number of carbonyl (C=O) groups is 1. The first-order valence-electron chi connectivity index (χ1n) is 13.4. The van der Waals surface area contributed by atoms with E-state index in [2.05, 4.69) is 21.5 Å². The maximum Gasteiger partial charge on any atom is 0.251 e. The Morgan fingerprint density at radius 1 is 1.07 bits per heavy atom. The summed E-state index contributed by atoms with van der Waals surface area (Å²) in [7, 11) is 1.39. The number of pyridine rings is 2. The number of rotatable bonds is 6. The molecule has 7 rings (SSSR count). The number of nitrogens with two attached hydrogens (primary N) is 1. The molecule has 4 heterocycles. The summed E-state index contributed by atoms with van der Waals surface area (Å²) in [5.41, 5.74) is 11.5. The number of benzene rings is 2. The molecule has 3 N–H and O–H groups in total. The van der Waals surface area contributed by atoms with Crippen molar-refractivity contribution in [2.75, 3.05) is 12.8 Å². The quantitative estimate of drug-likeness (QED) is 0.299. The van der Waals surface area contributed by atoms with Gasteiger partial charge in [-0.1, -0.05) is 6.07 Å². The van der Waals surface area contributed by atoms with Gasteiger partial charge < -0.3 is 15.8 Å². The number of anilines is 1. The maximum atomic E-state index is 14.2. The lowest BCUT2D eigenvalue weighted by Gasteiger charge is -2.16. The standard InChI is InChI=1S/C31H25FN8O2/c1-42-26-11-6-19(17-23(26)32)31(41)37-24-9-5-18-16-20(7-8-21(18)24)40-29(22-4-2-13-34-28(22)33)36-25-10-12-27(38-30(25)40)39-15-3-14-35-39/h2-4,6-8,10-17,24H,5,9H2,1H3,(H2,33,34)(H,37,41)/t24-/m0/s1. The van der Waals surface area contributed by atoms with Gasteiger partial charge in [0.15, 0.2) is 28.9 Å². The predicted octanol–water partition coefficient (Wildman–Crippen LogP) is 4.82. The molecular formula is C31H25FN8O2. The summed E-state index contributed by atoms with van der Waals surface area (Å²) in [6.07, 6.45) is 6.65. The molecule has 0 fully saturated rings.